The number of halogens is 2. The fourth-order valence-corrected chi connectivity index (χ4v) is 4.38. The predicted molar refractivity (Wildman–Crippen MR) is 129 cm³/mol. The summed E-state index contributed by atoms with van der Waals surface area (Å²) in [5.74, 6) is -0.709. The topological polar surface area (TPSA) is 139 Å². The number of hydrogen-bond donors (Lipinski definition) is 1. The molecule has 1 amide bonds. The molecule has 3 rings (SSSR count). The van der Waals surface area contributed by atoms with Crippen molar-refractivity contribution in [3.05, 3.63) is 97.5 Å². The Morgan fingerprint density at radius 3 is 2.44 bits per heavy atom. The van der Waals surface area contributed by atoms with Gasteiger partial charge in [-0.25, -0.2) is 0 Å². The maximum Gasteiger partial charge on any atom is 0.339 e. The van der Waals surface area contributed by atoms with Gasteiger partial charge < -0.3 is 9.50 Å². The van der Waals surface area contributed by atoms with Crippen molar-refractivity contribution in [1.29, 1.82) is 5.26 Å². The number of nitro groups is 1. The number of nitrogens with zero attached hydrogens (tertiary/aromatic N) is 2. The molecular weight excluding hydrogens is 550 g/mol. The van der Waals surface area contributed by atoms with Gasteiger partial charge in [0.05, 0.1) is 9.40 Å². The van der Waals surface area contributed by atoms with E-state index in [2.05, 4.69) is 21.2 Å². The molecular formula is C22H13BrClN3O6S. The standard InChI is InChI=1S/C22H13BrClN3O6S/c23-20-11-14(10-15(13-25)22(28)26-17-3-1-2-16(24)12-17)4-9-21(20)33-34(31,32)19-7-5-18(6-8-19)27(29)30/h1-12H,(H,26,28)/b15-10+. The number of non-ortho nitro benzene ring substituents is 1. The molecule has 0 unspecified atom stereocenters. The first-order chi connectivity index (χ1) is 16.1. The molecule has 0 aromatic heterocycles. The Hall–Kier alpha value is -3.72. The lowest BCUT2D eigenvalue weighted by atomic mass is 10.1. The zero-order valence-corrected chi connectivity index (χ0v) is 20.1. The summed E-state index contributed by atoms with van der Waals surface area (Å²) in [5, 5.41) is 23.1. The fourth-order valence-electron chi connectivity index (χ4n) is 2.66. The molecule has 34 heavy (non-hydrogen) atoms. The number of carbonyl (C=O) groups excluding carboxylic acids is 1. The van der Waals surface area contributed by atoms with E-state index in [0.29, 0.717) is 16.3 Å². The van der Waals surface area contributed by atoms with E-state index in [1.807, 2.05) is 6.07 Å². The maximum atomic E-state index is 12.5. The van der Waals surface area contributed by atoms with E-state index in [-0.39, 0.29) is 26.4 Å². The Kier molecular flexibility index (Phi) is 7.68. The van der Waals surface area contributed by atoms with Crippen LogP contribution in [0.4, 0.5) is 11.4 Å². The molecule has 0 aliphatic rings. The van der Waals surface area contributed by atoms with Gasteiger partial charge in [0, 0.05) is 22.8 Å². The van der Waals surface area contributed by atoms with Crippen LogP contribution in [0.2, 0.25) is 5.02 Å². The van der Waals surface area contributed by atoms with Crippen molar-refractivity contribution in [2.75, 3.05) is 5.32 Å². The summed E-state index contributed by atoms with van der Waals surface area (Å²) < 4.78 is 30.4. The monoisotopic (exact) mass is 561 g/mol. The predicted octanol–water partition coefficient (Wildman–Crippen LogP) is 5.32. The van der Waals surface area contributed by atoms with Crippen LogP contribution < -0.4 is 9.50 Å². The van der Waals surface area contributed by atoms with Crippen LogP contribution in [0.1, 0.15) is 5.56 Å². The zero-order valence-electron chi connectivity index (χ0n) is 16.9. The average Bonchev–Trinajstić information content (AvgIpc) is 2.79. The average molecular weight is 563 g/mol. The number of benzene rings is 3. The Labute approximate surface area is 207 Å². The van der Waals surface area contributed by atoms with Crippen LogP contribution in [0.5, 0.6) is 5.75 Å². The van der Waals surface area contributed by atoms with Crippen molar-refractivity contribution >= 4 is 61.0 Å². The second-order valence-corrected chi connectivity index (χ2v) is 9.45. The second kappa shape index (κ2) is 10.5. The number of anilines is 1. The van der Waals surface area contributed by atoms with E-state index in [4.69, 9.17) is 15.8 Å². The van der Waals surface area contributed by atoms with Crippen molar-refractivity contribution in [2.24, 2.45) is 0 Å². The van der Waals surface area contributed by atoms with Crippen molar-refractivity contribution in [3.63, 3.8) is 0 Å². The highest BCUT2D eigenvalue weighted by Gasteiger charge is 2.20. The first-order valence-corrected chi connectivity index (χ1v) is 11.8. The summed E-state index contributed by atoms with van der Waals surface area (Å²) in [6.07, 6.45) is 1.32. The first-order valence-electron chi connectivity index (χ1n) is 9.26. The van der Waals surface area contributed by atoms with Gasteiger partial charge in [0.1, 0.15) is 16.5 Å². The number of nitrogens with one attached hydrogen (secondary N) is 1. The van der Waals surface area contributed by atoms with Crippen LogP contribution in [-0.4, -0.2) is 19.2 Å². The molecule has 0 saturated heterocycles. The smallest absolute Gasteiger partial charge is 0.339 e. The zero-order chi connectivity index (χ0) is 24.9. The minimum absolute atomic E-state index is 0.0580. The van der Waals surface area contributed by atoms with E-state index in [1.165, 1.54) is 30.3 Å². The largest absolute Gasteiger partial charge is 0.378 e. The van der Waals surface area contributed by atoms with Gasteiger partial charge in [-0.05, 0) is 70.0 Å². The van der Waals surface area contributed by atoms with Gasteiger partial charge in [-0.15, -0.1) is 0 Å². The molecule has 0 spiro atoms. The second-order valence-electron chi connectivity index (χ2n) is 6.61. The van der Waals surface area contributed by atoms with Crippen LogP contribution in [-0.2, 0) is 14.9 Å². The van der Waals surface area contributed by atoms with Crippen molar-refractivity contribution in [3.8, 4) is 11.8 Å². The number of hydrogen-bond acceptors (Lipinski definition) is 7. The molecule has 12 heteroatoms. The Morgan fingerprint density at radius 1 is 1.15 bits per heavy atom. The molecule has 9 nitrogen and oxygen atoms in total. The molecule has 0 radical (unpaired) electrons. The highest BCUT2D eigenvalue weighted by molar-refractivity contribution is 9.10. The molecule has 3 aromatic carbocycles. The van der Waals surface area contributed by atoms with Crippen molar-refractivity contribution < 1.29 is 22.3 Å². The van der Waals surface area contributed by atoms with Crippen LogP contribution in [0.15, 0.2) is 81.7 Å². The van der Waals surface area contributed by atoms with Crippen molar-refractivity contribution in [2.45, 2.75) is 4.90 Å². The van der Waals surface area contributed by atoms with Gasteiger partial charge in [-0.3, -0.25) is 14.9 Å². The summed E-state index contributed by atoms with van der Waals surface area (Å²) in [5.41, 5.74) is 0.382. The molecule has 0 heterocycles. The number of nitro benzene ring substituents is 1. The lowest BCUT2D eigenvalue weighted by molar-refractivity contribution is -0.384. The molecule has 0 saturated carbocycles. The lowest BCUT2D eigenvalue weighted by Gasteiger charge is -2.09. The fraction of sp³-hybridized carbons (Fsp3) is 0. The summed E-state index contributed by atoms with van der Waals surface area (Å²) in [6.45, 7) is 0. The molecule has 1 N–H and O–H groups in total. The molecule has 0 fully saturated rings. The minimum atomic E-state index is -4.27. The quantitative estimate of drug-likeness (QED) is 0.135. The van der Waals surface area contributed by atoms with Gasteiger partial charge in [0.2, 0.25) is 0 Å². The Balaban J connectivity index is 1.79. The molecule has 172 valence electrons. The van der Waals surface area contributed by atoms with E-state index in [9.17, 15) is 28.6 Å². The van der Waals surface area contributed by atoms with Crippen LogP contribution >= 0.6 is 27.5 Å². The number of amides is 1. The van der Waals surface area contributed by atoms with Gasteiger partial charge in [-0.1, -0.05) is 23.7 Å². The highest BCUT2D eigenvalue weighted by Crippen LogP contribution is 2.30. The first kappa shape index (κ1) is 24.9. The molecule has 0 aliphatic carbocycles. The summed E-state index contributed by atoms with van der Waals surface area (Å²) in [6, 6.07) is 16.7. The lowest BCUT2D eigenvalue weighted by Crippen LogP contribution is -2.13. The molecule has 0 bridgehead atoms. The molecule has 3 aromatic rings. The number of rotatable bonds is 7. The van der Waals surface area contributed by atoms with Gasteiger partial charge >= 0.3 is 10.1 Å². The highest BCUT2D eigenvalue weighted by atomic mass is 79.9. The van der Waals surface area contributed by atoms with E-state index in [0.717, 1.165) is 24.3 Å². The minimum Gasteiger partial charge on any atom is -0.378 e. The molecule has 0 atom stereocenters. The third-order valence-corrected chi connectivity index (χ3v) is 6.35. The Morgan fingerprint density at radius 2 is 1.85 bits per heavy atom. The van der Waals surface area contributed by atoms with E-state index >= 15 is 0 Å². The Bertz CT molecular complexity index is 1450. The van der Waals surface area contributed by atoms with Gasteiger partial charge in [-0.2, -0.15) is 13.7 Å². The van der Waals surface area contributed by atoms with Crippen LogP contribution in [0, 0.1) is 21.4 Å². The van der Waals surface area contributed by atoms with Gasteiger partial charge in [0.25, 0.3) is 11.6 Å². The maximum absolute atomic E-state index is 12.5. The summed E-state index contributed by atoms with van der Waals surface area (Å²) in [4.78, 5) is 22.2. The summed E-state index contributed by atoms with van der Waals surface area (Å²) in [7, 11) is -4.27. The van der Waals surface area contributed by atoms with Crippen molar-refractivity contribution in [1.82, 2.24) is 0 Å². The van der Waals surface area contributed by atoms with Crippen LogP contribution in [0.3, 0.4) is 0 Å². The number of carbonyl (C=O) groups is 1. The molecule has 0 aliphatic heterocycles. The SMILES string of the molecule is N#C/C(=C\c1ccc(OS(=O)(=O)c2ccc([N+](=O)[O-])cc2)c(Br)c1)C(=O)Nc1cccc(Cl)c1. The van der Waals surface area contributed by atoms with E-state index in [1.54, 1.807) is 18.2 Å². The summed E-state index contributed by atoms with van der Waals surface area (Å²) >= 11 is 9.10. The number of nitriles is 1. The van der Waals surface area contributed by atoms with E-state index < -0.39 is 20.9 Å². The van der Waals surface area contributed by atoms with Gasteiger partial charge in [0.15, 0.2) is 5.75 Å². The normalized spacial score (nSPS) is 11.4. The third-order valence-electron chi connectivity index (χ3n) is 4.25. The van der Waals surface area contributed by atoms with Crippen LogP contribution in [0.25, 0.3) is 6.08 Å². The third kappa shape index (κ3) is 6.20.